The van der Waals surface area contributed by atoms with Gasteiger partial charge in [0.2, 0.25) is 0 Å². The number of aromatic nitrogens is 1. The molecule has 0 aromatic carbocycles. The van der Waals surface area contributed by atoms with Gasteiger partial charge in [0.25, 0.3) is 5.91 Å². The summed E-state index contributed by atoms with van der Waals surface area (Å²) in [6.07, 6.45) is 6.80. The third-order valence-electron chi connectivity index (χ3n) is 3.77. The van der Waals surface area contributed by atoms with Crippen molar-refractivity contribution in [2.24, 2.45) is 17.6 Å². The van der Waals surface area contributed by atoms with E-state index in [1.165, 1.54) is 25.7 Å². The molecule has 1 aliphatic carbocycles. The van der Waals surface area contributed by atoms with E-state index >= 15 is 0 Å². The van der Waals surface area contributed by atoms with Gasteiger partial charge < -0.3 is 11.1 Å². The number of amides is 1. The Labute approximate surface area is 108 Å². The summed E-state index contributed by atoms with van der Waals surface area (Å²) in [5.74, 6) is 1.73. The summed E-state index contributed by atoms with van der Waals surface area (Å²) in [6.45, 7) is 3.19. The number of carbonyl (C=O) groups excluding carboxylic acids is 1. The molecule has 0 unspecified atom stereocenters. The van der Waals surface area contributed by atoms with Crippen LogP contribution in [-0.2, 0) is 0 Å². The smallest absolute Gasteiger partial charge is 0.252 e. The molecule has 2 rings (SSSR count). The number of nitrogens with two attached hydrogens (primary N) is 1. The van der Waals surface area contributed by atoms with Crippen LogP contribution in [0.2, 0.25) is 0 Å². The van der Waals surface area contributed by atoms with E-state index in [-0.39, 0.29) is 0 Å². The average molecular weight is 247 g/mol. The van der Waals surface area contributed by atoms with Crippen LogP contribution >= 0.6 is 0 Å². The first-order valence-corrected chi connectivity index (χ1v) is 6.65. The molecule has 1 aliphatic rings. The molecule has 0 radical (unpaired) electrons. The second kappa shape index (κ2) is 5.85. The molecule has 1 saturated carbocycles. The summed E-state index contributed by atoms with van der Waals surface area (Å²) in [5.41, 5.74) is 5.80. The van der Waals surface area contributed by atoms with E-state index in [1.54, 1.807) is 18.3 Å². The zero-order chi connectivity index (χ0) is 13.0. The highest BCUT2D eigenvalue weighted by Crippen LogP contribution is 2.28. The van der Waals surface area contributed by atoms with Gasteiger partial charge in [0, 0.05) is 12.7 Å². The first-order chi connectivity index (χ1) is 8.66. The number of rotatable bonds is 4. The minimum Gasteiger partial charge on any atom is -0.369 e. The molecule has 0 bridgehead atoms. The van der Waals surface area contributed by atoms with Gasteiger partial charge >= 0.3 is 0 Å². The van der Waals surface area contributed by atoms with E-state index in [1.807, 2.05) is 0 Å². The van der Waals surface area contributed by atoms with E-state index in [2.05, 4.69) is 17.2 Å². The van der Waals surface area contributed by atoms with Gasteiger partial charge in [-0.1, -0.05) is 19.8 Å². The van der Waals surface area contributed by atoms with Crippen LogP contribution in [-0.4, -0.2) is 17.4 Å². The van der Waals surface area contributed by atoms with Gasteiger partial charge in [-0.2, -0.15) is 0 Å². The lowest BCUT2D eigenvalue weighted by molar-refractivity contribution is 0.100. The molecule has 0 atom stereocenters. The molecule has 1 fully saturated rings. The highest BCUT2D eigenvalue weighted by molar-refractivity contribution is 5.97. The van der Waals surface area contributed by atoms with Crippen molar-refractivity contribution < 1.29 is 4.79 Å². The van der Waals surface area contributed by atoms with Gasteiger partial charge in [0.1, 0.15) is 5.82 Å². The Kier molecular flexibility index (Phi) is 4.18. The van der Waals surface area contributed by atoms with Crippen LogP contribution in [0.1, 0.15) is 43.0 Å². The Bertz CT molecular complexity index is 411. The maximum Gasteiger partial charge on any atom is 0.252 e. The standard InChI is InChI=1S/C14H21N3O/c1-10-4-6-11(7-5-10)9-17-14-12(13(15)18)3-2-8-16-14/h2-3,8,10-11H,4-7,9H2,1H3,(H2,15,18)(H,16,17). The summed E-state index contributed by atoms with van der Waals surface area (Å²) in [4.78, 5) is 15.4. The van der Waals surface area contributed by atoms with Crippen LogP contribution in [0.5, 0.6) is 0 Å². The van der Waals surface area contributed by atoms with Gasteiger partial charge in [-0.3, -0.25) is 4.79 Å². The van der Waals surface area contributed by atoms with E-state index in [4.69, 9.17) is 5.73 Å². The highest BCUT2D eigenvalue weighted by Gasteiger charge is 2.18. The van der Waals surface area contributed by atoms with Crippen LogP contribution in [0.4, 0.5) is 5.82 Å². The second-order valence-corrected chi connectivity index (χ2v) is 5.27. The molecule has 18 heavy (non-hydrogen) atoms. The normalized spacial score (nSPS) is 23.6. The van der Waals surface area contributed by atoms with Crippen molar-refractivity contribution in [3.8, 4) is 0 Å². The van der Waals surface area contributed by atoms with Crippen LogP contribution in [0.25, 0.3) is 0 Å². The maximum atomic E-state index is 11.3. The fourth-order valence-electron chi connectivity index (χ4n) is 2.52. The SMILES string of the molecule is CC1CCC(CNc2ncccc2C(N)=O)CC1. The van der Waals surface area contributed by atoms with Gasteiger partial charge in [-0.25, -0.2) is 4.98 Å². The third-order valence-corrected chi connectivity index (χ3v) is 3.77. The van der Waals surface area contributed by atoms with Crippen molar-refractivity contribution in [1.29, 1.82) is 0 Å². The predicted octanol–water partition coefficient (Wildman–Crippen LogP) is 2.42. The second-order valence-electron chi connectivity index (χ2n) is 5.27. The summed E-state index contributed by atoms with van der Waals surface area (Å²) in [6, 6.07) is 3.44. The zero-order valence-corrected chi connectivity index (χ0v) is 10.9. The summed E-state index contributed by atoms with van der Waals surface area (Å²) in [7, 11) is 0. The van der Waals surface area contributed by atoms with Crippen LogP contribution < -0.4 is 11.1 Å². The van der Waals surface area contributed by atoms with Crippen LogP contribution in [0.15, 0.2) is 18.3 Å². The largest absolute Gasteiger partial charge is 0.369 e. The van der Waals surface area contributed by atoms with Gasteiger partial charge in [-0.15, -0.1) is 0 Å². The summed E-state index contributed by atoms with van der Waals surface area (Å²) >= 11 is 0. The number of nitrogens with one attached hydrogen (secondary N) is 1. The minimum absolute atomic E-state index is 0.428. The van der Waals surface area contributed by atoms with Crippen molar-refractivity contribution in [3.63, 3.8) is 0 Å². The van der Waals surface area contributed by atoms with Gasteiger partial charge in [0.05, 0.1) is 5.56 Å². The number of anilines is 1. The van der Waals surface area contributed by atoms with Crippen molar-refractivity contribution in [2.75, 3.05) is 11.9 Å². The predicted molar refractivity (Wildman–Crippen MR) is 72.4 cm³/mol. The molecule has 98 valence electrons. The molecule has 0 saturated heterocycles. The van der Waals surface area contributed by atoms with E-state index in [0.29, 0.717) is 17.3 Å². The lowest BCUT2D eigenvalue weighted by Crippen LogP contribution is -2.22. The number of primary amides is 1. The molecular weight excluding hydrogens is 226 g/mol. The van der Waals surface area contributed by atoms with Crippen molar-refractivity contribution in [1.82, 2.24) is 4.98 Å². The Morgan fingerprint density at radius 3 is 2.83 bits per heavy atom. The molecule has 0 aliphatic heterocycles. The summed E-state index contributed by atoms with van der Waals surface area (Å²) in [5, 5.41) is 3.27. The first kappa shape index (κ1) is 12.9. The zero-order valence-electron chi connectivity index (χ0n) is 10.9. The molecule has 0 spiro atoms. The monoisotopic (exact) mass is 247 g/mol. The molecule has 4 heteroatoms. The number of hydrogen-bond acceptors (Lipinski definition) is 3. The highest BCUT2D eigenvalue weighted by atomic mass is 16.1. The Balaban J connectivity index is 1.92. The van der Waals surface area contributed by atoms with Crippen molar-refractivity contribution >= 4 is 11.7 Å². The molecular formula is C14H21N3O. The maximum absolute atomic E-state index is 11.3. The molecule has 1 amide bonds. The molecule has 4 nitrogen and oxygen atoms in total. The van der Waals surface area contributed by atoms with Crippen molar-refractivity contribution in [2.45, 2.75) is 32.6 Å². The molecule has 1 aromatic rings. The Morgan fingerprint density at radius 1 is 1.44 bits per heavy atom. The molecule has 3 N–H and O–H groups in total. The van der Waals surface area contributed by atoms with Crippen molar-refractivity contribution in [3.05, 3.63) is 23.9 Å². The molecule has 1 aromatic heterocycles. The lowest BCUT2D eigenvalue weighted by atomic mass is 9.83. The average Bonchev–Trinajstić information content (AvgIpc) is 2.38. The van der Waals surface area contributed by atoms with E-state index in [9.17, 15) is 4.79 Å². The fourth-order valence-corrected chi connectivity index (χ4v) is 2.52. The fraction of sp³-hybridized carbons (Fsp3) is 0.571. The first-order valence-electron chi connectivity index (χ1n) is 6.65. The summed E-state index contributed by atoms with van der Waals surface area (Å²) < 4.78 is 0. The van der Waals surface area contributed by atoms with E-state index in [0.717, 1.165) is 12.5 Å². The van der Waals surface area contributed by atoms with Gasteiger partial charge in [-0.05, 0) is 36.8 Å². The van der Waals surface area contributed by atoms with Crippen LogP contribution in [0.3, 0.4) is 0 Å². The van der Waals surface area contributed by atoms with Crippen LogP contribution in [0, 0.1) is 11.8 Å². The minimum atomic E-state index is -0.428. The van der Waals surface area contributed by atoms with Gasteiger partial charge in [0.15, 0.2) is 0 Å². The Morgan fingerprint density at radius 2 is 2.17 bits per heavy atom. The lowest BCUT2D eigenvalue weighted by Gasteiger charge is -2.26. The Hall–Kier alpha value is -1.58. The quantitative estimate of drug-likeness (QED) is 0.858. The third kappa shape index (κ3) is 3.22. The number of carbonyl (C=O) groups is 1. The molecule has 1 heterocycles. The van der Waals surface area contributed by atoms with E-state index < -0.39 is 5.91 Å². The number of hydrogen-bond donors (Lipinski definition) is 2. The number of nitrogens with zero attached hydrogens (tertiary/aromatic N) is 1. The topological polar surface area (TPSA) is 68.0 Å². The number of pyridine rings is 1.